The molecule has 1 atom stereocenters. The highest BCUT2D eigenvalue weighted by Gasteiger charge is 2.20. The third-order valence-corrected chi connectivity index (χ3v) is 6.54. The number of halogens is 2. The van der Waals surface area contributed by atoms with Crippen LogP contribution >= 0.6 is 27.5 Å². The number of methoxy groups -OCH3 is 1. The molecule has 9 heteroatoms. The molecule has 0 radical (unpaired) electrons. The molecule has 0 saturated carbocycles. The Bertz CT molecular complexity index is 1020. The first-order valence-corrected chi connectivity index (χ1v) is 10.8. The van der Waals surface area contributed by atoms with Crippen molar-refractivity contribution < 1.29 is 9.47 Å². The van der Waals surface area contributed by atoms with Gasteiger partial charge in [0.2, 0.25) is 0 Å². The zero-order valence-electron chi connectivity index (χ0n) is 16.4. The van der Waals surface area contributed by atoms with Crippen molar-refractivity contribution in [2.75, 3.05) is 25.6 Å². The molecule has 1 fully saturated rings. The van der Waals surface area contributed by atoms with Gasteiger partial charge >= 0.3 is 0 Å². The molecule has 3 aromatic rings. The first-order chi connectivity index (χ1) is 14.1. The smallest absolute Gasteiger partial charge is 0.167 e. The lowest BCUT2D eigenvalue weighted by Crippen LogP contribution is -2.17. The van der Waals surface area contributed by atoms with E-state index >= 15 is 0 Å². The maximum atomic E-state index is 6.35. The SMILES string of the molecule is COc1c(CCNc2ncnc3c2ncn3C2CCCCO2)cc(Cl)c(C)c1Br. The van der Waals surface area contributed by atoms with E-state index in [0.29, 0.717) is 17.4 Å². The number of hydrogen-bond donors (Lipinski definition) is 1. The zero-order valence-corrected chi connectivity index (χ0v) is 18.8. The van der Waals surface area contributed by atoms with Gasteiger partial charge in [-0.25, -0.2) is 15.0 Å². The van der Waals surface area contributed by atoms with Gasteiger partial charge in [0.05, 0.1) is 17.9 Å². The van der Waals surface area contributed by atoms with Crippen LogP contribution in [0.5, 0.6) is 5.75 Å². The van der Waals surface area contributed by atoms with Gasteiger partial charge < -0.3 is 14.8 Å². The molecular formula is C20H23BrClN5O2. The number of anilines is 1. The Hall–Kier alpha value is -1.90. The van der Waals surface area contributed by atoms with Crippen LogP contribution in [-0.2, 0) is 11.2 Å². The number of ether oxygens (including phenoxy) is 2. The van der Waals surface area contributed by atoms with E-state index in [-0.39, 0.29) is 6.23 Å². The number of hydrogen-bond acceptors (Lipinski definition) is 6. The second-order valence-corrected chi connectivity index (χ2v) is 8.23. The molecule has 1 aliphatic heterocycles. The van der Waals surface area contributed by atoms with Crippen molar-refractivity contribution in [3.8, 4) is 5.75 Å². The molecule has 154 valence electrons. The quantitative estimate of drug-likeness (QED) is 0.540. The molecule has 0 spiro atoms. The van der Waals surface area contributed by atoms with Crippen molar-refractivity contribution in [1.82, 2.24) is 19.5 Å². The van der Waals surface area contributed by atoms with Gasteiger partial charge in [-0.2, -0.15) is 0 Å². The van der Waals surface area contributed by atoms with Crippen molar-refractivity contribution >= 4 is 44.5 Å². The normalized spacial score (nSPS) is 16.9. The molecule has 0 aliphatic carbocycles. The molecule has 4 rings (SSSR count). The van der Waals surface area contributed by atoms with Crippen LogP contribution in [0.4, 0.5) is 5.82 Å². The van der Waals surface area contributed by atoms with Crippen molar-refractivity contribution in [2.45, 2.75) is 38.8 Å². The Kier molecular flexibility index (Phi) is 6.22. The summed E-state index contributed by atoms with van der Waals surface area (Å²) in [5.41, 5.74) is 3.52. The molecule has 1 aliphatic rings. The molecule has 7 nitrogen and oxygen atoms in total. The average molecular weight is 481 g/mol. The lowest BCUT2D eigenvalue weighted by Gasteiger charge is -2.23. The minimum atomic E-state index is -0.00666. The molecule has 1 aromatic carbocycles. The Balaban J connectivity index is 1.52. The summed E-state index contributed by atoms with van der Waals surface area (Å²) >= 11 is 9.92. The molecule has 0 bridgehead atoms. The maximum Gasteiger partial charge on any atom is 0.167 e. The fourth-order valence-electron chi connectivity index (χ4n) is 3.60. The van der Waals surface area contributed by atoms with E-state index in [1.54, 1.807) is 19.8 Å². The summed E-state index contributed by atoms with van der Waals surface area (Å²) < 4.78 is 14.3. The van der Waals surface area contributed by atoms with Crippen molar-refractivity contribution in [2.24, 2.45) is 0 Å². The number of rotatable bonds is 6. The Morgan fingerprint density at radius 2 is 2.21 bits per heavy atom. The number of nitrogens with zero attached hydrogens (tertiary/aromatic N) is 4. The monoisotopic (exact) mass is 479 g/mol. The highest BCUT2D eigenvalue weighted by atomic mass is 79.9. The van der Waals surface area contributed by atoms with E-state index in [2.05, 4.69) is 36.2 Å². The summed E-state index contributed by atoms with van der Waals surface area (Å²) in [7, 11) is 1.66. The van der Waals surface area contributed by atoms with Crippen LogP contribution < -0.4 is 10.1 Å². The van der Waals surface area contributed by atoms with Crippen molar-refractivity contribution in [3.05, 3.63) is 39.3 Å². The minimum Gasteiger partial charge on any atom is -0.495 e. The number of fused-ring (bicyclic) bond motifs is 1. The predicted octanol–water partition coefficient (Wildman–Crippen LogP) is 4.91. The molecule has 3 heterocycles. The molecule has 0 amide bonds. The minimum absolute atomic E-state index is 0.00666. The fraction of sp³-hybridized carbons (Fsp3) is 0.450. The Labute approximate surface area is 182 Å². The standard InChI is InChI=1S/C20H23BrClN5O2/c1-12-14(22)9-13(18(28-2)16(12)21)6-7-23-19-17-20(25-10-24-19)27(11-26-17)15-5-3-4-8-29-15/h9-11,15H,3-8H2,1-2H3,(H,23,24,25). The second-order valence-electron chi connectivity index (χ2n) is 7.03. The number of aromatic nitrogens is 4. The number of imidazole rings is 1. The highest BCUT2D eigenvalue weighted by molar-refractivity contribution is 9.10. The molecule has 1 N–H and O–H groups in total. The molecule has 1 saturated heterocycles. The van der Waals surface area contributed by atoms with E-state index in [9.17, 15) is 0 Å². The van der Waals surface area contributed by atoms with Gasteiger partial charge in [-0.15, -0.1) is 0 Å². The second kappa shape index (κ2) is 8.85. The van der Waals surface area contributed by atoms with Crippen LogP contribution in [0, 0.1) is 6.92 Å². The van der Waals surface area contributed by atoms with Crippen LogP contribution in [-0.4, -0.2) is 39.8 Å². The van der Waals surface area contributed by atoms with Gasteiger partial charge in [-0.3, -0.25) is 4.57 Å². The van der Waals surface area contributed by atoms with E-state index in [0.717, 1.165) is 64.8 Å². The van der Waals surface area contributed by atoms with E-state index in [1.165, 1.54) is 0 Å². The lowest BCUT2D eigenvalue weighted by molar-refractivity contribution is -0.0298. The van der Waals surface area contributed by atoms with Gasteiger partial charge in [0.15, 0.2) is 17.0 Å². The summed E-state index contributed by atoms with van der Waals surface area (Å²) in [4.78, 5) is 13.3. The van der Waals surface area contributed by atoms with Crippen LogP contribution in [0.3, 0.4) is 0 Å². The fourth-order valence-corrected chi connectivity index (χ4v) is 4.57. The largest absolute Gasteiger partial charge is 0.495 e. The Morgan fingerprint density at radius 1 is 1.34 bits per heavy atom. The summed E-state index contributed by atoms with van der Waals surface area (Å²) in [5.74, 6) is 1.51. The third kappa shape index (κ3) is 4.06. The predicted molar refractivity (Wildman–Crippen MR) is 117 cm³/mol. The van der Waals surface area contributed by atoms with Gasteiger partial charge in [0.1, 0.15) is 18.3 Å². The molecule has 1 unspecified atom stereocenters. The van der Waals surface area contributed by atoms with Gasteiger partial charge in [0.25, 0.3) is 0 Å². The summed E-state index contributed by atoms with van der Waals surface area (Å²) in [6.45, 7) is 3.39. The molecular weight excluding hydrogens is 458 g/mol. The summed E-state index contributed by atoms with van der Waals surface area (Å²) in [6, 6.07) is 1.95. The first kappa shape index (κ1) is 20.4. The zero-order chi connectivity index (χ0) is 20.4. The van der Waals surface area contributed by atoms with Crippen LogP contribution in [0.25, 0.3) is 11.2 Å². The van der Waals surface area contributed by atoms with E-state index < -0.39 is 0 Å². The number of nitrogens with one attached hydrogen (secondary N) is 1. The molecule has 29 heavy (non-hydrogen) atoms. The first-order valence-electron chi connectivity index (χ1n) is 9.64. The summed E-state index contributed by atoms with van der Waals surface area (Å²) in [6.07, 6.45) is 7.30. The van der Waals surface area contributed by atoms with E-state index in [4.69, 9.17) is 21.1 Å². The topological polar surface area (TPSA) is 74.1 Å². The van der Waals surface area contributed by atoms with Crippen LogP contribution in [0.2, 0.25) is 5.02 Å². The average Bonchev–Trinajstić information content (AvgIpc) is 3.18. The summed E-state index contributed by atoms with van der Waals surface area (Å²) in [5, 5.41) is 4.09. The van der Waals surface area contributed by atoms with E-state index in [1.807, 2.05) is 17.6 Å². The van der Waals surface area contributed by atoms with Crippen molar-refractivity contribution in [3.63, 3.8) is 0 Å². The highest BCUT2D eigenvalue weighted by Crippen LogP contribution is 2.37. The maximum absolute atomic E-state index is 6.35. The Morgan fingerprint density at radius 3 is 2.97 bits per heavy atom. The molecule has 2 aromatic heterocycles. The van der Waals surface area contributed by atoms with Crippen LogP contribution in [0.15, 0.2) is 23.2 Å². The number of benzene rings is 1. The van der Waals surface area contributed by atoms with Crippen LogP contribution in [0.1, 0.15) is 36.6 Å². The third-order valence-electron chi connectivity index (χ3n) is 5.20. The van der Waals surface area contributed by atoms with Gasteiger partial charge in [0, 0.05) is 18.2 Å². The van der Waals surface area contributed by atoms with Gasteiger partial charge in [-0.1, -0.05) is 11.6 Å². The lowest BCUT2D eigenvalue weighted by atomic mass is 10.1. The van der Waals surface area contributed by atoms with Crippen molar-refractivity contribution in [1.29, 1.82) is 0 Å². The van der Waals surface area contributed by atoms with Gasteiger partial charge in [-0.05, 0) is 65.7 Å².